The summed E-state index contributed by atoms with van der Waals surface area (Å²) >= 11 is 1.35. The summed E-state index contributed by atoms with van der Waals surface area (Å²) in [5.41, 5.74) is 1.29. The lowest BCUT2D eigenvalue weighted by molar-refractivity contribution is -0.145. The summed E-state index contributed by atoms with van der Waals surface area (Å²) in [7, 11) is -3.88. The zero-order valence-electron chi connectivity index (χ0n) is 17.5. The maximum atomic E-state index is 12.7. The van der Waals surface area contributed by atoms with E-state index in [0.717, 1.165) is 5.56 Å². The minimum absolute atomic E-state index is 0.0661. The maximum Gasteiger partial charge on any atom is 0.324 e. The Morgan fingerprint density at radius 2 is 1.93 bits per heavy atom. The SMILES string of the molecule is CCOC(=O)[C@@H](CC(C)C)NS(=O)(=O)c1ccc(CSc2nc(C)cc(=O)[nH]2)cc1. The molecule has 1 heterocycles. The summed E-state index contributed by atoms with van der Waals surface area (Å²) in [4.78, 5) is 30.6. The zero-order valence-corrected chi connectivity index (χ0v) is 19.1. The minimum atomic E-state index is -3.88. The van der Waals surface area contributed by atoms with E-state index in [-0.39, 0.29) is 23.0 Å². The number of thioether (sulfide) groups is 1. The highest BCUT2D eigenvalue weighted by Gasteiger charge is 2.27. The van der Waals surface area contributed by atoms with E-state index in [0.29, 0.717) is 23.0 Å². The fraction of sp³-hybridized carbons (Fsp3) is 0.450. The molecule has 8 nitrogen and oxygen atoms in total. The van der Waals surface area contributed by atoms with Crippen LogP contribution < -0.4 is 10.3 Å². The molecule has 0 bridgehead atoms. The van der Waals surface area contributed by atoms with Crippen LogP contribution in [0.5, 0.6) is 0 Å². The monoisotopic (exact) mass is 453 g/mol. The van der Waals surface area contributed by atoms with Gasteiger partial charge in [-0.25, -0.2) is 13.4 Å². The summed E-state index contributed by atoms with van der Waals surface area (Å²) in [6.45, 7) is 7.42. The number of nitrogens with zero attached hydrogens (tertiary/aromatic N) is 1. The van der Waals surface area contributed by atoms with E-state index in [1.165, 1.54) is 30.0 Å². The molecule has 0 unspecified atom stereocenters. The topological polar surface area (TPSA) is 118 Å². The van der Waals surface area contributed by atoms with Gasteiger partial charge in [-0.05, 0) is 43.9 Å². The van der Waals surface area contributed by atoms with Crippen LogP contribution in [0.2, 0.25) is 0 Å². The van der Waals surface area contributed by atoms with Crippen LogP contribution >= 0.6 is 11.8 Å². The van der Waals surface area contributed by atoms with E-state index < -0.39 is 22.0 Å². The highest BCUT2D eigenvalue weighted by molar-refractivity contribution is 7.98. The second-order valence-corrected chi connectivity index (χ2v) is 9.86. The lowest BCUT2D eigenvalue weighted by Crippen LogP contribution is -2.42. The predicted octanol–water partition coefficient (Wildman–Crippen LogP) is 2.63. The van der Waals surface area contributed by atoms with Crippen molar-refractivity contribution in [2.45, 2.75) is 56.0 Å². The van der Waals surface area contributed by atoms with Gasteiger partial charge in [-0.1, -0.05) is 37.7 Å². The van der Waals surface area contributed by atoms with E-state index in [9.17, 15) is 18.0 Å². The average Bonchev–Trinajstić information content (AvgIpc) is 2.65. The molecular weight excluding hydrogens is 426 g/mol. The number of aromatic nitrogens is 2. The van der Waals surface area contributed by atoms with Gasteiger partial charge in [0.25, 0.3) is 5.56 Å². The molecule has 30 heavy (non-hydrogen) atoms. The number of ether oxygens (including phenoxy) is 1. The van der Waals surface area contributed by atoms with Gasteiger partial charge in [0.2, 0.25) is 10.0 Å². The van der Waals surface area contributed by atoms with Gasteiger partial charge in [0.1, 0.15) is 6.04 Å². The first kappa shape index (κ1) is 24.1. The molecule has 1 aromatic heterocycles. The standard InChI is InChI=1S/C20H27N3O5S2/c1-5-28-19(25)17(10-13(2)3)23-30(26,27)16-8-6-15(7-9-16)12-29-20-21-14(4)11-18(24)22-20/h6-9,11,13,17,23H,5,10,12H2,1-4H3,(H,21,22,24)/t17-/m1/s1. The summed E-state index contributed by atoms with van der Waals surface area (Å²) < 4.78 is 32.9. The third kappa shape index (κ3) is 7.26. The number of esters is 1. The molecule has 164 valence electrons. The Labute approximate surface area is 180 Å². The molecule has 0 saturated carbocycles. The van der Waals surface area contributed by atoms with Crippen LogP contribution in [0, 0.1) is 12.8 Å². The summed E-state index contributed by atoms with van der Waals surface area (Å²) in [6, 6.07) is 6.84. The van der Waals surface area contributed by atoms with Gasteiger partial charge in [0.15, 0.2) is 5.16 Å². The molecule has 0 aliphatic rings. The number of benzene rings is 1. The Bertz CT molecular complexity index is 1020. The number of nitrogens with one attached hydrogen (secondary N) is 2. The second-order valence-electron chi connectivity index (χ2n) is 7.18. The molecule has 0 saturated heterocycles. The first-order valence-electron chi connectivity index (χ1n) is 9.59. The van der Waals surface area contributed by atoms with Crippen molar-refractivity contribution in [1.82, 2.24) is 14.7 Å². The zero-order chi connectivity index (χ0) is 22.3. The molecule has 0 aliphatic heterocycles. The number of hydrogen-bond donors (Lipinski definition) is 2. The number of H-pyrrole nitrogens is 1. The van der Waals surface area contributed by atoms with Crippen molar-refractivity contribution in [2.24, 2.45) is 5.92 Å². The Kier molecular flexibility index (Phi) is 8.63. The van der Waals surface area contributed by atoms with Crippen molar-refractivity contribution in [1.29, 1.82) is 0 Å². The highest BCUT2D eigenvalue weighted by Crippen LogP contribution is 2.20. The molecule has 2 aromatic rings. The van der Waals surface area contributed by atoms with Crippen molar-refractivity contribution in [3.05, 3.63) is 51.9 Å². The third-order valence-electron chi connectivity index (χ3n) is 4.03. The Balaban J connectivity index is 2.08. The van der Waals surface area contributed by atoms with Crippen LogP contribution in [0.4, 0.5) is 0 Å². The summed E-state index contributed by atoms with van der Waals surface area (Å²) in [6.07, 6.45) is 0.342. The number of aryl methyl sites for hydroxylation is 1. The van der Waals surface area contributed by atoms with E-state index in [1.54, 1.807) is 26.0 Å². The smallest absolute Gasteiger partial charge is 0.324 e. The average molecular weight is 454 g/mol. The quantitative estimate of drug-likeness (QED) is 0.322. The summed E-state index contributed by atoms with van der Waals surface area (Å²) in [5.74, 6) is 0.0458. The molecule has 1 aromatic carbocycles. The maximum absolute atomic E-state index is 12.7. The van der Waals surface area contributed by atoms with Gasteiger partial charge in [-0.15, -0.1) is 0 Å². The van der Waals surface area contributed by atoms with Gasteiger partial charge in [0.05, 0.1) is 11.5 Å². The predicted molar refractivity (Wildman–Crippen MR) is 116 cm³/mol. The van der Waals surface area contributed by atoms with Crippen LogP contribution in [0.1, 0.15) is 38.4 Å². The lowest BCUT2D eigenvalue weighted by Gasteiger charge is -2.19. The number of hydrogen-bond acceptors (Lipinski definition) is 7. The van der Waals surface area contributed by atoms with Crippen LogP contribution in [-0.2, 0) is 25.3 Å². The van der Waals surface area contributed by atoms with Crippen LogP contribution in [0.3, 0.4) is 0 Å². The second kappa shape index (κ2) is 10.7. The lowest BCUT2D eigenvalue weighted by atomic mass is 10.1. The van der Waals surface area contributed by atoms with E-state index in [2.05, 4.69) is 14.7 Å². The van der Waals surface area contributed by atoms with E-state index >= 15 is 0 Å². The molecule has 0 radical (unpaired) electrons. The van der Waals surface area contributed by atoms with Crippen molar-refractivity contribution in [2.75, 3.05) is 6.61 Å². The fourth-order valence-corrected chi connectivity index (χ4v) is 4.77. The Morgan fingerprint density at radius 1 is 1.27 bits per heavy atom. The minimum Gasteiger partial charge on any atom is -0.465 e. The summed E-state index contributed by atoms with van der Waals surface area (Å²) in [5, 5.41) is 0.504. The Hall–Kier alpha value is -2.17. The number of rotatable bonds is 10. The van der Waals surface area contributed by atoms with Gasteiger partial charge >= 0.3 is 5.97 Å². The molecule has 0 fully saturated rings. The normalized spacial score (nSPS) is 12.7. The molecular formula is C20H27N3O5S2. The first-order chi connectivity index (χ1) is 14.1. The third-order valence-corrected chi connectivity index (χ3v) is 6.46. The van der Waals surface area contributed by atoms with Gasteiger partial charge < -0.3 is 9.72 Å². The highest BCUT2D eigenvalue weighted by atomic mass is 32.2. The van der Waals surface area contributed by atoms with E-state index in [4.69, 9.17) is 4.74 Å². The molecule has 1 atom stereocenters. The van der Waals surface area contributed by atoms with Crippen LogP contribution in [0.25, 0.3) is 0 Å². The van der Waals surface area contributed by atoms with Gasteiger partial charge in [0, 0.05) is 17.5 Å². The number of sulfonamides is 1. The number of aromatic amines is 1. The number of carbonyl (C=O) groups is 1. The van der Waals surface area contributed by atoms with Crippen molar-refractivity contribution in [3.8, 4) is 0 Å². The molecule has 2 rings (SSSR count). The van der Waals surface area contributed by atoms with Gasteiger partial charge in [-0.3, -0.25) is 9.59 Å². The van der Waals surface area contributed by atoms with Crippen molar-refractivity contribution >= 4 is 27.8 Å². The van der Waals surface area contributed by atoms with Crippen LogP contribution in [-0.4, -0.2) is 37.0 Å². The molecule has 10 heteroatoms. The largest absolute Gasteiger partial charge is 0.465 e. The molecule has 0 aliphatic carbocycles. The Morgan fingerprint density at radius 3 is 2.50 bits per heavy atom. The van der Waals surface area contributed by atoms with Crippen LogP contribution in [0.15, 0.2) is 45.2 Å². The molecule has 2 N–H and O–H groups in total. The van der Waals surface area contributed by atoms with Crippen molar-refractivity contribution in [3.63, 3.8) is 0 Å². The molecule has 0 spiro atoms. The first-order valence-corrected chi connectivity index (χ1v) is 12.1. The van der Waals surface area contributed by atoms with Crippen molar-refractivity contribution < 1.29 is 17.9 Å². The fourth-order valence-electron chi connectivity index (χ4n) is 2.70. The van der Waals surface area contributed by atoms with E-state index in [1.807, 2.05) is 13.8 Å². The number of carbonyl (C=O) groups excluding carboxylic acids is 1. The van der Waals surface area contributed by atoms with Gasteiger partial charge in [-0.2, -0.15) is 4.72 Å². The molecule has 0 amide bonds.